The Balaban J connectivity index is 1.86. The van der Waals surface area contributed by atoms with Crippen molar-refractivity contribution in [2.24, 2.45) is 0 Å². The van der Waals surface area contributed by atoms with Crippen molar-refractivity contribution in [3.05, 3.63) is 23.7 Å². The summed E-state index contributed by atoms with van der Waals surface area (Å²) in [6.07, 6.45) is 6.30. The topological polar surface area (TPSA) is 84.7 Å². The molecule has 0 bridgehead atoms. The van der Waals surface area contributed by atoms with Crippen LogP contribution < -0.4 is 10.6 Å². The lowest BCUT2D eigenvalue weighted by Crippen LogP contribution is -2.35. The zero-order valence-electron chi connectivity index (χ0n) is 11.5. The minimum Gasteiger partial charge on any atom is -0.360 e. The highest BCUT2D eigenvalue weighted by molar-refractivity contribution is 7.17. The molecule has 7 nitrogen and oxygen atoms in total. The van der Waals surface area contributed by atoms with Crippen molar-refractivity contribution in [3.8, 4) is 0 Å². The molecule has 2 aromatic heterocycles. The zero-order valence-corrected chi connectivity index (χ0v) is 12.4. The predicted molar refractivity (Wildman–Crippen MR) is 77.8 cm³/mol. The fraction of sp³-hybridized carbons (Fsp3) is 0.500. The minimum atomic E-state index is -0.195. The van der Waals surface area contributed by atoms with Gasteiger partial charge in [0, 0.05) is 31.5 Å². The van der Waals surface area contributed by atoms with Gasteiger partial charge in [-0.3, -0.25) is 4.79 Å². The molecule has 0 aliphatic heterocycles. The Bertz CT molecular complexity index is 538. The van der Waals surface area contributed by atoms with Crippen LogP contribution >= 0.6 is 11.3 Å². The van der Waals surface area contributed by atoms with Crippen LogP contribution in [0.4, 0.5) is 5.13 Å². The highest BCUT2D eigenvalue weighted by Gasteiger charge is 2.15. The number of amides is 1. The number of carbonyl (C=O) groups excluding carboxylic acids is 1. The summed E-state index contributed by atoms with van der Waals surface area (Å²) in [5.41, 5.74) is 0. The van der Waals surface area contributed by atoms with Gasteiger partial charge in [0.1, 0.15) is 0 Å². The number of nitrogens with one attached hydrogen (secondary N) is 2. The van der Waals surface area contributed by atoms with Crippen molar-refractivity contribution in [1.29, 1.82) is 0 Å². The van der Waals surface area contributed by atoms with E-state index in [4.69, 9.17) is 0 Å². The molecule has 2 aromatic rings. The average Bonchev–Trinajstić information content (AvgIpc) is 3.07. The van der Waals surface area contributed by atoms with E-state index >= 15 is 0 Å². The summed E-state index contributed by atoms with van der Waals surface area (Å²) in [4.78, 5) is 16.0. The smallest absolute Gasteiger partial charge is 0.282 e. The van der Waals surface area contributed by atoms with Gasteiger partial charge >= 0.3 is 0 Å². The van der Waals surface area contributed by atoms with Crippen LogP contribution in [0.3, 0.4) is 0 Å². The summed E-state index contributed by atoms with van der Waals surface area (Å²) in [7, 11) is 0. The monoisotopic (exact) mass is 294 g/mol. The molecule has 0 radical (unpaired) electrons. The molecule has 0 fully saturated rings. The first kappa shape index (κ1) is 14.4. The van der Waals surface area contributed by atoms with Crippen LogP contribution in [-0.2, 0) is 6.54 Å². The van der Waals surface area contributed by atoms with E-state index in [1.807, 2.05) is 17.7 Å². The van der Waals surface area contributed by atoms with Crippen LogP contribution in [0.5, 0.6) is 0 Å². The van der Waals surface area contributed by atoms with Gasteiger partial charge in [-0.25, -0.2) is 4.98 Å². The van der Waals surface area contributed by atoms with Gasteiger partial charge in [0.25, 0.3) is 5.91 Å². The maximum absolute atomic E-state index is 12.0. The first-order chi connectivity index (χ1) is 9.69. The van der Waals surface area contributed by atoms with Crippen molar-refractivity contribution >= 4 is 22.4 Å². The second-order valence-electron chi connectivity index (χ2n) is 4.47. The Morgan fingerprint density at radius 2 is 2.35 bits per heavy atom. The first-order valence-electron chi connectivity index (χ1n) is 6.53. The second-order valence-corrected chi connectivity index (χ2v) is 5.45. The molecule has 0 spiro atoms. The van der Waals surface area contributed by atoms with Crippen LogP contribution in [0.2, 0.25) is 0 Å². The fourth-order valence-electron chi connectivity index (χ4n) is 1.66. The maximum atomic E-state index is 12.0. The third-order valence-corrected chi connectivity index (χ3v) is 3.45. The molecular weight excluding hydrogens is 276 g/mol. The van der Waals surface area contributed by atoms with Crippen molar-refractivity contribution in [2.75, 3.05) is 11.9 Å². The van der Waals surface area contributed by atoms with Crippen LogP contribution in [0.25, 0.3) is 0 Å². The number of hydrogen-bond acceptors (Lipinski definition) is 6. The van der Waals surface area contributed by atoms with Gasteiger partial charge in [0.05, 0.1) is 6.33 Å². The molecular formula is C12H18N6OS. The highest BCUT2D eigenvalue weighted by Crippen LogP contribution is 2.15. The molecule has 8 heteroatoms. The normalized spacial score (nSPS) is 12.1. The highest BCUT2D eigenvalue weighted by atomic mass is 32.1. The zero-order chi connectivity index (χ0) is 14.4. The predicted octanol–water partition coefficient (Wildman–Crippen LogP) is 1.37. The second kappa shape index (κ2) is 6.99. The van der Waals surface area contributed by atoms with E-state index in [0.29, 0.717) is 16.7 Å². The molecule has 0 saturated carbocycles. The summed E-state index contributed by atoms with van der Waals surface area (Å²) in [5, 5.41) is 14.9. The molecule has 2 rings (SSSR count). The maximum Gasteiger partial charge on any atom is 0.282 e. The van der Waals surface area contributed by atoms with E-state index in [1.165, 1.54) is 11.3 Å². The molecule has 1 atom stereocenters. The molecule has 0 saturated heterocycles. The van der Waals surface area contributed by atoms with E-state index in [1.54, 1.807) is 12.5 Å². The van der Waals surface area contributed by atoms with Crippen molar-refractivity contribution < 1.29 is 4.79 Å². The fourth-order valence-corrected chi connectivity index (χ4v) is 2.33. The van der Waals surface area contributed by atoms with Crippen LogP contribution in [-0.4, -0.2) is 38.2 Å². The molecule has 20 heavy (non-hydrogen) atoms. The van der Waals surface area contributed by atoms with E-state index in [9.17, 15) is 4.79 Å². The third kappa shape index (κ3) is 4.02. The number of aromatic nitrogens is 4. The van der Waals surface area contributed by atoms with Gasteiger partial charge in [0.15, 0.2) is 0 Å². The lowest BCUT2D eigenvalue weighted by atomic mass is 10.3. The molecule has 1 amide bonds. The molecule has 0 aliphatic carbocycles. The van der Waals surface area contributed by atoms with Crippen molar-refractivity contribution in [3.63, 3.8) is 0 Å². The van der Waals surface area contributed by atoms with Crippen LogP contribution in [0.15, 0.2) is 18.7 Å². The molecule has 2 heterocycles. The Labute approximate surface area is 121 Å². The first-order valence-corrected chi connectivity index (χ1v) is 7.34. The Morgan fingerprint density at radius 1 is 1.50 bits per heavy atom. The number of imidazole rings is 1. The van der Waals surface area contributed by atoms with E-state index in [0.717, 1.165) is 13.0 Å². The van der Waals surface area contributed by atoms with E-state index in [-0.39, 0.29) is 11.9 Å². The summed E-state index contributed by atoms with van der Waals surface area (Å²) < 4.78 is 1.92. The van der Waals surface area contributed by atoms with Gasteiger partial charge in [0.2, 0.25) is 10.1 Å². The van der Waals surface area contributed by atoms with Crippen molar-refractivity contribution in [1.82, 2.24) is 25.1 Å². The lowest BCUT2D eigenvalue weighted by Gasteiger charge is -2.12. The quantitative estimate of drug-likeness (QED) is 0.806. The summed E-state index contributed by atoms with van der Waals surface area (Å²) in [5.74, 6) is -0.195. The van der Waals surface area contributed by atoms with Gasteiger partial charge in [-0.1, -0.05) is 18.3 Å². The van der Waals surface area contributed by atoms with Crippen LogP contribution in [0.1, 0.15) is 30.1 Å². The summed E-state index contributed by atoms with van der Waals surface area (Å²) in [6, 6.07) is -0.00680. The SMILES string of the molecule is CCCNc1nnc(C(=O)NC(C)Cn2ccnc2)s1. The molecule has 1 unspecified atom stereocenters. The molecule has 0 aromatic carbocycles. The number of anilines is 1. The Kier molecular flexibility index (Phi) is 5.05. The Morgan fingerprint density at radius 3 is 3.05 bits per heavy atom. The number of carbonyl (C=O) groups is 1. The van der Waals surface area contributed by atoms with Crippen LogP contribution in [0, 0.1) is 0 Å². The number of hydrogen-bond donors (Lipinski definition) is 2. The minimum absolute atomic E-state index is 0.00680. The largest absolute Gasteiger partial charge is 0.360 e. The van der Waals surface area contributed by atoms with Gasteiger partial charge in [-0.15, -0.1) is 10.2 Å². The number of nitrogens with zero attached hydrogens (tertiary/aromatic N) is 4. The molecule has 2 N–H and O–H groups in total. The van der Waals surface area contributed by atoms with Crippen molar-refractivity contribution in [2.45, 2.75) is 32.9 Å². The third-order valence-electron chi connectivity index (χ3n) is 2.57. The summed E-state index contributed by atoms with van der Waals surface area (Å²) in [6.45, 7) is 5.51. The standard InChI is InChI=1S/C12H18N6OS/c1-3-4-14-12-17-16-11(20-12)10(19)15-9(2)7-18-6-5-13-8-18/h5-6,8-9H,3-4,7H2,1-2H3,(H,14,17)(H,15,19). The number of rotatable bonds is 7. The molecule has 0 aliphatic rings. The average molecular weight is 294 g/mol. The van der Waals surface area contributed by atoms with Gasteiger partial charge in [-0.2, -0.15) is 0 Å². The van der Waals surface area contributed by atoms with E-state index < -0.39 is 0 Å². The van der Waals surface area contributed by atoms with Gasteiger partial charge in [-0.05, 0) is 13.3 Å². The van der Waals surface area contributed by atoms with Gasteiger partial charge < -0.3 is 15.2 Å². The van der Waals surface area contributed by atoms with E-state index in [2.05, 4.69) is 32.7 Å². The lowest BCUT2D eigenvalue weighted by molar-refractivity contribution is 0.0935. The molecule has 108 valence electrons. The summed E-state index contributed by atoms with van der Waals surface area (Å²) >= 11 is 1.27. The Hall–Kier alpha value is -1.96.